The number of benzene rings is 2. The van der Waals surface area contributed by atoms with Crippen LogP contribution in [0.1, 0.15) is 5.69 Å². The Hall–Kier alpha value is -2.39. The first-order chi connectivity index (χ1) is 13.1. The molecule has 2 aromatic carbocycles. The van der Waals surface area contributed by atoms with Gasteiger partial charge in [-0.05, 0) is 101 Å². The Morgan fingerprint density at radius 3 is 2.56 bits per heavy atom. The summed E-state index contributed by atoms with van der Waals surface area (Å²) in [4.78, 5) is 17.2. The molecule has 1 saturated heterocycles. The zero-order valence-electron chi connectivity index (χ0n) is 13.9. The molecule has 27 heavy (non-hydrogen) atoms. The first-order valence-electron chi connectivity index (χ1n) is 8.07. The van der Waals surface area contributed by atoms with E-state index in [1.165, 1.54) is 23.9 Å². The zero-order valence-corrected chi connectivity index (χ0v) is 16.9. The maximum atomic E-state index is 13.0. The maximum absolute atomic E-state index is 13.0. The molecule has 134 valence electrons. The van der Waals surface area contributed by atoms with Crippen molar-refractivity contribution >= 4 is 57.2 Å². The van der Waals surface area contributed by atoms with Crippen LogP contribution in [0, 0.1) is 9.39 Å². The Labute approximate surface area is 173 Å². The first kappa shape index (κ1) is 18.0. The molecule has 0 spiro atoms. The van der Waals surface area contributed by atoms with Gasteiger partial charge in [-0.3, -0.25) is 4.79 Å². The summed E-state index contributed by atoms with van der Waals surface area (Å²) in [6, 6.07) is 17.9. The quantitative estimate of drug-likeness (QED) is 0.411. The number of rotatable bonds is 3. The normalized spacial score (nSPS) is 16.9. The molecule has 1 fully saturated rings. The molecule has 1 N–H and O–H groups in total. The Morgan fingerprint density at radius 1 is 1.07 bits per heavy atom. The molecule has 1 aromatic heterocycles. The predicted octanol–water partition coefficient (Wildman–Crippen LogP) is 5.11. The third-order valence-electron chi connectivity index (χ3n) is 3.87. The molecule has 3 aromatic rings. The number of nitrogens with zero attached hydrogens (tertiary/aromatic N) is 2. The van der Waals surface area contributed by atoms with Gasteiger partial charge in [-0.1, -0.05) is 0 Å². The lowest BCUT2D eigenvalue weighted by molar-refractivity contribution is -0.115. The van der Waals surface area contributed by atoms with Crippen molar-refractivity contribution in [2.75, 3.05) is 0 Å². The average Bonchev–Trinajstić information content (AvgIpc) is 3.25. The van der Waals surface area contributed by atoms with Gasteiger partial charge < -0.3 is 9.88 Å². The standard InChI is InChI=1S/C20H13FIN3OS/c21-13-3-7-15(8-4-13)23-20-24-19(26)18(27-20)12-17-2-1-11-25(17)16-9-5-14(22)6-10-16/h1-12H,(H,23,24,26)/b18-12+. The van der Waals surface area contributed by atoms with Gasteiger partial charge in [0.05, 0.1) is 10.6 Å². The van der Waals surface area contributed by atoms with Gasteiger partial charge >= 0.3 is 0 Å². The highest BCUT2D eigenvalue weighted by atomic mass is 127. The van der Waals surface area contributed by atoms with E-state index in [4.69, 9.17) is 0 Å². The summed E-state index contributed by atoms with van der Waals surface area (Å²) in [6.45, 7) is 0. The second kappa shape index (κ2) is 7.69. The van der Waals surface area contributed by atoms with Gasteiger partial charge in [0.1, 0.15) is 5.82 Å². The van der Waals surface area contributed by atoms with Crippen molar-refractivity contribution in [1.82, 2.24) is 9.88 Å². The Morgan fingerprint density at radius 2 is 1.81 bits per heavy atom. The van der Waals surface area contributed by atoms with Crippen LogP contribution in [-0.2, 0) is 4.79 Å². The average molecular weight is 489 g/mol. The minimum absolute atomic E-state index is 0.198. The summed E-state index contributed by atoms with van der Waals surface area (Å²) < 4.78 is 16.2. The number of hydrogen-bond acceptors (Lipinski definition) is 3. The summed E-state index contributed by atoms with van der Waals surface area (Å²) in [5.41, 5.74) is 2.51. The van der Waals surface area contributed by atoms with Gasteiger partial charge in [0.2, 0.25) is 0 Å². The number of halogens is 2. The third kappa shape index (κ3) is 4.14. The minimum atomic E-state index is -0.320. The van der Waals surface area contributed by atoms with Crippen molar-refractivity contribution < 1.29 is 9.18 Å². The zero-order chi connectivity index (χ0) is 18.8. The van der Waals surface area contributed by atoms with E-state index < -0.39 is 0 Å². The Kier molecular flexibility index (Phi) is 5.13. The number of amidine groups is 1. The number of aromatic nitrogens is 1. The summed E-state index contributed by atoms with van der Waals surface area (Å²) >= 11 is 3.53. The van der Waals surface area contributed by atoms with Crippen LogP contribution in [0.4, 0.5) is 10.1 Å². The van der Waals surface area contributed by atoms with Crippen molar-refractivity contribution in [2.24, 2.45) is 4.99 Å². The largest absolute Gasteiger partial charge is 0.317 e. The molecule has 0 bridgehead atoms. The Bertz CT molecular complexity index is 1060. The van der Waals surface area contributed by atoms with Crippen LogP contribution in [0.25, 0.3) is 11.8 Å². The van der Waals surface area contributed by atoms with Crippen LogP contribution < -0.4 is 5.32 Å². The van der Waals surface area contributed by atoms with Crippen LogP contribution in [0.2, 0.25) is 0 Å². The molecular formula is C20H13FIN3OS. The highest BCUT2D eigenvalue weighted by Gasteiger charge is 2.24. The lowest BCUT2D eigenvalue weighted by Gasteiger charge is -2.07. The van der Waals surface area contributed by atoms with E-state index in [0.29, 0.717) is 15.8 Å². The Balaban J connectivity index is 1.60. The molecule has 1 aliphatic heterocycles. The predicted molar refractivity (Wildman–Crippen MR) is 116 cm³/mol. The number of carbonyl (C=O) groups is 1. The molecule has 7 heteroatoms. The van der Waals surface area contributed by atoms with E-state index in [1.54, 1.807) is 12.1 Å². The van der Waals surface area contributed by atoms with Crippen LogP contribution in [0.15, 0.2) is 76.8 Å². The molecule has 4 rings (SSSR count). The van der Waals surface area contributed by atoms with Crippen molar-refractivity contribution in [3.05, 3.63) is 86.8 Å². The number of thioether (sulfide) groups is 1. The molecule has 1 aliphatic rings. The molecule has 0 radical (unpaired) electrons. The molecular weight excluding hydrogens is 476 g/mol. The number of hydrogen-bond donors (Lipinski definition) is 1. The minimum Gasteiger partial charge on any atom is -0.317 e. The number of amides is 1. The summed E-state index contributed by atoms with van der Waals surface area (Å²) in [5, 5.41) is 3.22. The van der Waals surface area contributed by atoms with Crippen molar-refractivity contribution in [2.45, 2.75) is 0 Å². The van der Waals surface area contributed by atoms with Crippen LogP contribution >= 0.6 is 34.4 Å². The molecule has 0 atom stereocenters. The molecule has 2 heterocycles. The molecule has 1 amide bonds. The second-order valence-corrected chi connectivity index (χ2v) is 8.01. The van der Waals surface area contributed by atoms with Gasteiger partial charge in [-0.15, -0.1) is 0 Å². The molecule has 4 nitrogen and oxygen atoms in total. The van der Waals surface area contributed by atoms with E-state index in [1.807, 2.05) is 53.2 Å². The van der Waals surface area contributed by atoms with E-state index in [2.05, 4.69) is 32.9 Å². The van der Waals surface area contributed by atoms with Gasteiger partial charge in [-0.2, -0.15) is 0 Å². The summed E-state index contributed by atoms with van der Waals surface area (Å²) in [5.74, 6) is -0.518. The fourth-order valence-electron chi connectivity index (χ4n) is 2.60. The first-order valence-corrected chi connectivity index (χ1v) is 9.96. The lowest BCUT2D eigenvalue weighted by Crippen LogP contribution is -2.19. The smallest absolute Gasteiger partial charge is 0.264 e. The van der Waals surface area contributed by atoms with Crippen LogP contribution in [0.3, 0.4) is 0 Å². The van der Waals surface area contributed by atoms with Gasteiger partial charge in [0, 0.05) is 21.1 Å². The van der Waals surface area contributed by atoms with Gasteiger partial charge in [-0.25, -0.2) is 9.38 Å². The molecule has 0 saturated carbocycles. The van der Waals surface area contributed by atoms with E-state index in [-0.39, 0.29) is 11.7 Å². The fraction of sp³-hybridized carbons (Fsp3) is 0. The summed E-state index contributed by atoms with van der Waals surface area (Å²) in [7, 11) is 0. The van der Waals surface area contributed by atoms with Crippen LogP contribution in [-0.4, -0.2) is 15.6 Å². The van der Waals surface area contributed by atoms with Gasteiger partial charge in [0.25, 0.3) is 5.91 Å². The SMILES string of the molecule is O=C1NC(=Nc2ccc(F)cc2)S/C1=C/c1cccn1-c1ccc(I)cc1. The number of nitrogens with one attached hydrogen (secondary N) is 1. The van der Waals surface area contributed by atoms with Crippen molar-refractivity contribution in [3.8, 4) is 5.69 Å². The second-order valence-electron chi connectivity index (χ2n) is 5.74. The van der Waals surface area contributed by atoms with E-state index in [9.17, 15) is 9.18 Å². The molecule has 0 aliphatic carbocycles. The van der Waals surface area contributed by atoms with E-state index >= 15 is 0 Å². The van der Waals surface area contributed by atoms with E-state index in [0.717, 1.165) is 15.0 Å². The fourth-order valence-corrected chi connectivity index (χ4v) is 3.78. The highest BCUT2D eigenvalue weighted by Crippen LogP contribution is 2.29. The topological polar surface area (TPSA) is 46.4 Å². The monoisotopic (exact) mass is 489 g/mol. The maximum Gasteiger partial charge on any atom is 0.264 e. The van der Waals surface area contributed by atoms with Crippen molar-refractivity contribution in [1.29, 1.82) is 0 Å². The van der Waals surface area contributed by atoms with Gasteiger partial charge in [0.15, 0.2) is 5.17 Å². The summed E-state index contributed by atoms with van der Waals surface area (Å²) in [6.07, 6.45) is 3.80. The third-order valence-corrected chi connectivity index (χ3v) is 5.50. The number of carbonyl (C=O) groups excluding carboxylic acids is 1. The molecule has 0 unspecified atom stereocenters. The lowest BCUT2D eigenvalue weighted by atomic mass is 10.3. The van der Waals surface area contributed by atoms with Crippen molar-refractivity contribution in [3.63, 3.8) is 0 Å². The highest BCUT2D eigenvalue weighted by molar-refractivity contribution is 14.1. The van der Waals surface area contributed by atoms with Crippen LogP contribution in [0.5, 0.6) is 0 Å². The number of aliphatic imine (C=N–C) groups is 1.